The summed E-state index contributed by atoms with van der Waals surface area (Å²) in [6.45, 7) is 1.70. The molecule has 0 amide bonds. The zero-order valence-corrected chi connectivity index (χ0v) is 11.1. The second kappa shape index (κ2) is 4.16. The van der Waals surface area contributed by atoms with Gasteiger partial charge in [0.25, 0.3) is 0 Å². The quantitative estimate of drug-likeness (QED) is 0.893. The minimum absolute atomic E-state index is 0.175. The molecule has 0 saturated heterocycles. The van der Waals surface area contributed by atoms with Crippen molar-refractivity contribution >= 4 is 15.9 Å². The van der Waals surface area contributed by atoms with E-state index in [1.54, 1.807) is 49.1 Å². The largest absolute Gasteiger partial charge is 0.508 e. The highest BCUT2D eigenvalue weighted by Crippen LogP contribution is 2.34. The molecule has 1 aromatic heterocycles. The molecule has 0 bridgehead atoms. The summed E-state index contributed by atoms with van der Waals surface area (Å²) >= 11 is 3.37. The van der Waals surface area contributed by atoms with Crippen LogP contribution in [0.25, 0.3) is 0 Å². The summed E-state index contributed by atoms with van der Waals surface area (Å²) in [6, 6.07) is 6.48. The Bertz CT molecular complexity index is 512. The number of hydrogen-bond donors (Lipinski definition) is 2. The van der Waals surface area contributed by atoms with E-state index in [0.29, 0.717) is 11.3 Å². The van der Waals surface area contributed by atoms with Gasteiger partial charge in [0.05, 0.1) is 16.4 Å². The molecule has 4 nitrogen and oxygen atoms in total. The molecule has 2 rings (SSSR count). The zero-order chi connectivity index (χ0) is 12.6. The third kappa shape index (κ3) is 2.08. The molecule has 17 heavy (non-hydrogen) atoms. The average Bonchev–Trinajstić information content (AvgIpc) is 2.59. The monoisotopic (exact) mass is 296 g/mol. The van der Waals surface area contributed by atoms with Crippen LogP contribution in [0, 0.1) is 0 Å². The molecule has 5 heteroatoms. The molecule has 90 valence electrons. The number of rotatable bonds is 2. The Morgan fingerprint density at radius 2 is 1.88 bits per heavy atom. The summed E-state index contributed by atoms with van der Waals surface area (Å²) in [6.07, 6.45) is 1.64. The number of phenols is 1. The lowest BCUT2D eigenvalue weighted by molar-refractivity contribution is 0.0921. The first kappa shape index (κ1) is 12.1. The Morgan fingerprint density at radius 3 is 2.35 bits per heavy atom. The topological polar surface area (TPSA) is 58.3 Å². The first-order valence-electron chi connectivity index (χ1n) is 5.13. The van der Waals surface area contributed by atoms with Crippen LogP contribution in [-0.4, -0.2) is 20.0 Å². The van der Waals surface area contributed by atoms with Crippen molar-refractivity contribution in [3.8, 4) is 5.75 Å². The third-order valence-corrected chi connectivity index (χ3v) is 3.36. The van der Waals surface area contributed by atoms with Crippen molar-refractivity contribution in [2.75, 3.05) is 0 Å². The molecule has 0 saturated carbocycles. The highest BCUT2D eigenvalue weighted by molar-refractivity contribution is 9.10. The van der Waals surface area contributed by atoms with Crippen molar-refractivity contribution in [2.45, 2.75) is 12.5 Å². The minimum Gasteiger partial charge on any atom is -0.508 e. The predicted octanol–water partition coefficient (Wildman–Crippen LogP) is 2.14. The summed E-state index contributed by atoms with van der Waals surface area (Å²) in [5, 5.41) is 24.0. The highest BCUT2D eigenvalue weighted by atomic mass is 79.9. The zero-order valence-electron chi connectivity index (χ0n) is 9.55. The van der Waals surface area contributed by atoms with Gasteiger partial charge in [0, 0.05) is 7.05 Å². The van der Waals surface area contributed by atoms with Crippen molar-refractivity contribution in [3.63, 3.8) is 0 Å². The average molecular weight is 297 g/mol. The van der Waals surface area contributed by atoms with Gasteiger partial charge in [0.2, 0.25) is 0 Å². The van der Waals surface area contributed by atoms with Crippen LogP contribution >= 0.6 is 15.9 Å². The van der Waals surface area contributed by atoms with Gasteiger partial charge in [0.1, 0.15) is 11.4 Å². The molecule has 2 N–H and O–H groups in total. The van der Waals surface area contributed by atoms with E-state index >= 15 is 0 Å². The Kier molecular flexibility index (Phi) is 2.97. The van der Waals surface area contributed by atoms with Gasteiger partial charge < -0.3 is 10.2 Å². The fraction of sp³-hybridized carbons (Fsp3) is 0.250. The first-order valence-corrected chi connectivity index (χ1v) is 5.92. The van der Waals surface area contributed by atoms with Crippen molar-refractivity contribution < 1.29 is 10.2 Å². The predicted molar refractivity (Wildman–Crippen MR) is 67.7 cm³/mol. The van der Waals surface area contributed by atoms with Gasteiger partial charge in [-0.15, -0.1) is 0 Å². The van der Waals surface area contributed by atoms with E-state index in [-0.39, 0.29) is 5.75 Å². The third-order valence-electron chi connectivity index (χ3n) is 2.78. The second-order valence-corrected chi connectivity index (χ2v) is 4.94. The normalized spacial score (nSPS) is 14.6. The number of benzene rings is 1. The Hall–Kier alpha value is -1.33. The van der Waals surface area contributed by atoms with Crippen molar-refractivity contribution in [3.05, 3.63) is 46.2 Å². The number of hydrogen-bond acceptors (Lipinski definition) is 3. The van der Waals surface area contributed by atoms with Crippen LogP contribution in [0.3, 0.4) is 0 Å². The fourth-order valence-corrected chi connectivity index (χ4v) is 2.62. The van der Waals surface area contributed by atoms with Gasteiger partial charge in [-0.2, -0.15) is 5.10 Å². The SMILES string of the molecule is Cn1ncc(Br)c1C(C)(O)c1ccc(O)cc1. The van der Waals surface area contributed by atoms with E-state index in [4.69, 9.17) is 0 Å². The lowest BCUT2D eigenvalue weighted by Gasteiger charge is -2.24. The number of phenolic OH excluding ortho intramolecular Hbond substituents is 1. The summed E-state index contributed by atoms with van der Waals surface area (Å²) in [5.74, 6) is 0.175. The minimum atomic E-state index is -1.17. The Morgan fingerprint density at radius 1 is 1.29 bits per heavy atom. The van der Waals surface area contributed by atoms with Crippen molar-refractivity contribution in [2.24, 2.45) is 7.05 Å². The standard InChI is InChI=1S/C12H13BrN2O2/c1-12(17,8-3-5-9(16)6-4-8)11-10(13)7-14-15(11)2/h3-7,16-17H,1-2H3. The highest BCUT2D eigenvalue weighted by Gasteiger charge is 2.31. The molecule has 0 aliphatic rings. The van der Waals surface area contributed by atoms with Crippen LogP contribution in [-0.2, 0) is 12.6 Å². The van der Waals surface area contributed by atoms with Crippen LogP contribution in [0.5, 0.6) is 5.75 Å². The molecule has 2 aromatic rings. The first-order chi connectivity index (χ1) is 7.93. The molecule has 1 unspecified atom stereocenters. The smallest absolute Gasteiger partial charge is 0.129 e. The summed E-state index contributed by atoms with van der Waals surface area (Å²) < 4.78 is 2.37. The molecule has 0 spiro atoms. The molecule has 0 radical (unpaired) electrons. The van der Waals surface area contributed by atoms with Crippen LogP contribution in [0.4, 0.5) is 0 Å². The number of halogens is 1. The molecule has 0 fully saturated rings. The van der Waals surface area contributed by atoms with Crippen molar-refractivity contribution in [1.29, 1.82) is 0 Å². The maximum atomic E-state index is 10.6. The maximum Gasteiger partial charge on any atom is 0.129 e. The number of aryl methyl sites for hydroxylation is 1. The van der Waals surface area contributed by atoms with E-state index in [2.05, 4.69) is 21.0 Å². The Labute approximate surface area is 108 Å². The molecule has 1 atom stereocenters. The maximum absolute atomic E-state index is 10.6. The van der Waals surface area contributed by atoms with Crippen LogP contribution in [0.2, 0.25) is 0 Å². The Balaban J connectivity index is 2.53. The molecular weight excluding hydrogens is 284 g/mol. The van der Waals surface area contributed by atoms with Gasteiger partial charge in [-0.05, 0) is 40.5 Å². The summed E-state index contributed by atoms with van der Waals surface area (Å²) in [5.41, 5.74) is 0.195. The van der Waals surface area contributed by atoms with Gasteiger partial charge in [0.15, 0.2) is 0 Å². The van der Waals surface area contributed by atoms with E-state index in [9.17, 15) is 10.2 Å². The van der Waals surface area contributed by atoms with Crippen LogP contribution in [0.15, 0.2) is 34.9 Å². The summed E-state index contributed by atoms with van der Waals surface area (Å²) in [7, 11) is 1.77. The van der Waals surface area contributed by atoms with E-state index in [1.165, 1.54) is 0 Å². The van der Waals surface area contributed by atoms with Crippen LogP contribution in [0.1, 0.15) is 18.2 Å². The molecule has 1 aromatic carbocycles. The number of aromatic nitrogens is 2. The van der Waals surface area contributed by atoms with E-state index in [0.717, 1.165) is 4.47 Å². The molecule has 0 aliphatic heterocycles. The summed E-state index contributed by atoms with van der Waals surface area (Å²) in [4.78, 5) is 0. The lowest BCUT2D eigenvalue weighted by Crippen LogP contribution is -2.26. The van der Waals surface area contributed by atoms with E-state index in [1.807, 2.05) is 0 Å². The number of aromatic hydroxyl groups is 1. The second-order valence-electron chi connectivity index (χ2n) is 4.08. The molecule has 0 aliphatic carbocycles. The fourth-order valence-electron chi connectivity index (χ4n) is 1.88. The van der Waals surface area contributed by atoms with Gasteiger partial charge >= 0.3 is 0 Å². The lowest BCUT2D eigenvalue weighted by atomic mass is 9.92. The van der Waals surface area contributed by atoms with E-state index < -0.39 is 5.60 Å². The van der Waals surface area contributed by atoms with Crippen molar-refractivity contribution in [1.82, 2.24) is 9.78 Å². The van der Waals surface area contributed by atoms with Gasteiger partial charge in [-0.25, -0.2) is 0 Å². The number of aliphatic hydroxyl groups is 1. The van der Waals surface area contributed by atoms with Gasteiger partial charge in [-0.3, -0.25) is 4.68 Å². The van der Waals surface area contributed by atoms with Gasteiger partial charge in [-0.1, -0.05) is 12.1 Å². The number of nitrogens with zero attached hydrogens (tertiary/aromatic N) is 2. The molecular formula is C12H13BrN2O2. The molecule has 1 heterocycles. The van der Waals surface area contributed by atoms with Crippen LogP contribution < -0.4 is 0 Å².